The molecule has 0 saturated carbocycles. The van der Waals surface area contributed by atoms with E-state index in [2.05, 4.69) is 60.3 Å². The number of aliphatic imine (C=N–C) groups is 1. The van der Waals surface area contributed by atoms with Crippen LogP contribution in [0.5, 0.6) is 5.88 Å². The van der Waals surface area contributed by atoms with Crippen LogP contribution in [0, 0.1) is 0 Å². The molecule has 8 nitrogen and oxygen atoms in total. The first-order valence-electron chi connectivity index (χ1n) is 12.7. The largest absolute Gasteiger partial charge is 0.494 e. The second-order valence-electron chi connectivity index (χ2n) is 9.41. The standard InChI is InChI=1S/C28H30N4O2.C2HF3O2/c1-3-7-24(26-23-15-12-21(27(29)33)16-25(23)31-28(26)34)30-22-13-10-20(11-14-22)18-32(2)17-19-8-5-4-6-9-19;3-2(4,5)1(6)7/h4-6,8-16,31,34H,3,7,17-18H2,1-2H3,(H2,29,33);(H,6,7). The summed E-state index contributed by atoms with van der Waals surface area (Å²) in [6, 6.07) is 23.8. The average molecular weight is 569 g/mol. The Morgan fingerprint density at radius 1 is 0.976 bits per heavy atom. The highest BCUT2D eigenvalue weighted by Crippen LogP contribution is 2.31. The number of fused-ring (bicyclic) bond motifs is 1. The van der Waals surface area contributed by atoms with E-state index in [0.29, 0.717) is 23.1 Å². The second kappa shape index (κ2) is 13.6. The number of carboxylic acid groups (broad SMARTS) is 1. The fraction of sp³-hybridized carbons (Fsp3) is 0.233. The van der Waals surface area contributed by atoms with E-state index in [-0.39, 0.29) is 5.88 Å². The monoisotopic (exact) mass is 568 g/mol. The lowest BCUT2D eigenvalue weighted by molar-refractivity contribution is -0.192. The molecule has 41 heavy (non-hydrogen) atoms. The van der Waals surface area contributed by atoms with Gasteiger partial charge in [-0.1, -0.05) is 61.9 Å². The number of aliphatic carboxylic acids is 1. The summed E-state index contributed by atoms with van der Waals surface area (Å²) >= 11 is 0. The summed E-state index contributed by atoms with van der Waals surface area (Å²) < 4.78 is 31.7. The molecule has 216 valence electrons. The lowest BCUT2D eigenvalue weighted by Gasteiger charge is -2.17. The summed E-state index contributed by atoms with van der Waals surface area (Å²) in [5, 5.41) is 18.6. The number of hydrogen-bond donors (Lipinski definition) is 4. The summed E-state index contributed by atoms with van der Waals surface area (Å²) in [7, 11) is 2.11. The van der Waals surface area contributed by atoms with Gasteiger partial charge in [0.25, 0.3) is 0 Å². The second-order valence-corrected chi connectivity index (χ2v) is 9.41. The molecule has 0 aliphatic rings. The van der Waals surface area contributed by atoms with E-state index >= 15 is 0 Å². The predicted octanol–water partition coefficient (Wildman–Crippen LogP) is 6.16. The van der Waals surface area contributed by atoms with Gasteiger partial charge in [0.15, 0.2) is 5.88 Å². The van der Waals surface area contributed by atoms with Crippen LogP contribution >= 0.6 is 0 Å². The number of primary amides is 1. The van der Waals surface area contributed by atoms with Crippen molar-refractivity contribution in [3.8, 4) is 5.88 Å². The minimum Gasteiger partial charge on any atom is -0.494 e. The molecule has 0 fully saturated rings. The number of aromatic nitrogens is 1. The van der Waals surface area contributed by atoms with Crippen molar-refractivity contribution in [3.63, 3.8) is 0 Å². The van der Waals surface area contributed by atoms with Crippen LogP contribution in [0.1, 0.15) is 46.8 Å². The average Bonchev–Trinajstić information content (AvgIpc) is 3.24. The molecule has 1 amide bonds. The van der Waals surface area contributed by atoms with E-state index in [1.54, 1.807) is 18.2 Å². The van der Waals surface area contributed by atoms with Crippen molar-refractivity contribution < 1.29 is 33.0 Å². The topological polar surface area (TPSA) is 132 Å². The van der Waals surface area contributed by atoms with Gasteiger partial charge in [0.1, 0.15) is 0 Å². The van der Waals surface area contributed by atoms with Gasteiger partial charge in [-0.25, -0.2) is 4.79 Å². The maximum Gasteiger partial charge on any atom is 0.490 e. The van der Waals surface area contributed by atoms with Gasteiger partial charge in [0.2, 0.25) is 5.91 Å². The summed E-state index contributed by atoms with van der Waals surface area (Å²) in [5.74, 6) is -3.22. The van der Waals surface area contributed by atoms with Crippen LogP contribution < -0.4 is 5.73 Å². The summed E-state index contributed by atoms with van der Waals surface area (Å²) in [4.78, 5) is 30.5. The summed E-state index contributed by atoms with van der Waals surface area (Å²) in [6.45, 7) is 3.81. The Hall–Kier alpha value is -4.64. The molecular weight excluding hydrogens is 537 g/mol. The fourth-order valence-electron chi connectivity index (χ4n) is 4.20. The van der Waals surface area contributed by atoms with E-state index in [0.717, 1.165) is 36.3 Å². The number of amides is 1. The van der Waals surface area contributed by atoms with Gasteiger partial charge in [0, 0.05) is 29.6 Å². The zero-order valence-corrected chi connectivity index (χ0v) is 22.6. The molecule has 5 N–H and O–H groups in total. The molecule has 0 aliphatic heterocycles. The fourth-order valence-corrected chi connectivity index (χ4v) is 4.20. The lowest BCUT2D eigenvalue weighted by Crippen LogP contribution is -2.21. The van der Waals surface area contributed by atoms with Crippen LogP contribution in [0.2, 0.25) is 0 Å². The van der Waals surface area contributed by atoms with Gasteiger partial charge in [-0.3, -0.25) is 14.7 Å². The Bertz CT molecular complexity index is 1510. The molecule has 1 heterocycles. The smallest absolute Gasteiger partial charge is 0.490 e. The van der Waals surface area contributed by atoms with Gasteiger partial charge in [-0.2, -0.15) is 13.2 Å². The van der Waals surface area contributed by atoms with Crippen molar-refractivity contribution in [2.45, 2.75) is 39.0 Å². The molecule has 0 aliphatic carbocycles. The van der Waals surface area contributed by atoms with Crippen molar-refractivity contribution in [2.75, 3.05) is 7.05 Å². The number of carboxylic acids is 1. The van der Waals surface area contributed by atoms with Crippen molar-refractivity contribution in [3.05, 3.63) is 95.1 Å². The molecule has 0 spiro atoms. The van der Waals surface area contributed by atoms with Gasteiger partial charge in [-0.05, 0) is 48.9 Å². The van der Waals surface area contributed by atoms with Gasteiger partial charge < -0.3 is 20.9 Å². The molecule has 4 rings (SSSR count). The number of rotatable bonds is 9. The Kier molecular flexibility index (Phi) is 10.3. The molecule has 4 aromatic rings. The van der Waals surface area contributed by atoms with E-state index in [1.807, 2.05) is 18.2 Å². The third kappa shape index (κ3) is 8.67. The lowest BCUT2D eigenvalue weighted by atomic mass is 10.0. The highest BCUT2D eigenvalue weighted by Gasteiger charge is 2.38. The van der Waals surface area contributed by atoms with Gasteiger partial charge in [-0.15, -0.1) is 0 Å². The maximum atomic E-state index is 11.5. The van der Waals surface area contributed by atoms with E-state index in [4.69, 9.17) is 20.6 Å². The van der Waals surface area contributed by atoms with Crippen molar-refractivity contribution in [1.29, 1.82) is 0 Å². The van der Waals surface area contributed by atoms with Crippen LogP contribution in [-0.4, -0.2) is 50.9 Å². The van der Waals surface area contributed by atoms with E-state index in [9.17, 15) is 23.1 Å². The Balaban J connectivity index is 0.000000587. The first kappa shape index (κ1) is 30.9. The van der Waals surface area contributed by atoms with Crippen molar-refractivity contribution in [1.82, 2.24) is 9.88 Å². The number of nitrogens with zero attached hydrogens (tertiary/aromatic N) is 2. The Morgan fingerprint density at radius 3 is 2.10 bits per heavy atom. The zero-order chi connectivity index (χ0) is 30.2. The normalized spacial score (nSPS) is 11.8. The van der Waals surface area contributed by atoms with Crippen LogP contribution in [0.4, 0.5) is 18.9 Å². The third-order valence-corrected chi connectivity index (χ3v) is 6.03. The first-order valence-corrected chi connectivity index (χ1v) is 12.7. The van der Waals surface area contributed by atoms with Gasteiger partial charge in [0.05, 0.1) is 17.0 Å². The maximum absolute atomic E-state index is 11.5. The number of nitrogens with one attached hydrogen (secondary N) is 1. The zero-order valence-electron chi connectivity index (χ0n) is 22.6. The molecule has 0 radical (unpaired) electrons. The number of halogens is 3. The number of carbonyl (C=O) groups is 2. The van der Waals surface area contributed by atoms with E-state index in [1.165, 1.54) is 11.1 Å². The minimum atomic E-state index is -5.08. The number of nitrogens with two attached hydrogens (primary N) is 1. The number of H-pyrrole nitrogens is 1. The summed E-state index contributed by atoms with van der Waals surface area (Å²) in [5.41, 5.74) is 11.2. The molecule has 0 unspecified atom stereocenters. The minimum absolute atomic E-state index is 0.0444. The quantitative estimate of drug-likeness (QED) is 0.180. The third-order valence-electron chi connectivity index (χ3n) is 6.03. The number of aromatic amines is 1. The predicted molar refractivity (Wildman–Crippen MR) is 151 cm³/mol. The number of alkyl halides is 3. The van der Waals surface area contributed by atoms with Gasteiger partial charge >= 0.3 is 12.1 Å². The van der Waals surface area contributed by atoms with Crippen LogP contribution in [0.15, 0.2) is 77.8 Å². The molecule has 0 atom stereocenters. The highest BCUT2D eigenvalue weighted by atomic mass is 19.4. The van der Waals surface area contributed by atoms with Crippen LogP contribution in [0.3, 0.4) is 0 Å². The van der Waals surface area contributed by atoms with Crippen LogP contribution in [0.25, 0.3) is 10.9 Å². The van der Waals surface area contributed by atoms with Crippen molar-refractivity contribution >= 4 is 34.2 Å². The molecule has 11 heteroatoms. The first-order chi connectivity index (χ1) is 19.4. The Morgan fingerprint density at radius 2 is 1.56 bits per heavy atom. The number of carbonyl (C=O) groups excluding carboxylic acids is 1. The molecule has 0 bridgehead atoms. The molecule has 3 aromatic carbocycles. The van der Waals surface area contributed by atoms with E-state index < -0.39 is 18.1 Å². The summed E-state index contributed by atoms with van der Waals surface area (Å²) in [6.07, 6.45) is -3.49. The Labute approximate surface area is 234 Å². The number of hydrogen-bond acceptors (Lipinski definition) is 5. The molecular formula is C30H31F3N4O4. The molecule has 0 saturated heterocycles. The van der Waals surface area contributed by atoms with Crippen LogP contribution in [-0.2, 0) is 17.9 Å². The number of aromatic hydroxyl groups is 1. The highest BCUT2D eigenvalue weighted by molar-refractivity contribution is 6.14. The molecule has 1 aromatic heterocycles. The number of benzene rings is 3. The SMILES string of the molecule is CCCC(=Nc1ccc(CN(C)Cc2ccccc2)cc1)c1c(O)[nH]c2cc(C(N)=O)ccc12.O=C(O)C(F)(F)F. The van der Waals surface area contributed by atoms with Crippen molar-refractivity contribution in [2.24, 2.45) is 10.7 Å².